The minimum Gasteiger partial charge on any atom is -0.481 e. The van der Waals surface area contributed by atoms with E-state index in [1.54, 1.807) is 6.92 Å². The quantitative estimate of drug-likeness (QED) is 0.887. The van der Waals surface area contributed by atoms with E-state index in [-0.39, 0.29) is 11.7 Å². The maximum atomic E-state index is 12.8. The second-order valence-corrected chi connectivity index (χ2v) is 4.74. The molecule has 2 aromatic rings. The summed E-state index contributed by atoms with van der Waals surface area (Å²) in [6.45, 7) is 2.22. The summed E-state index contributed by atoms with van der Waals surface area (Å²) in [5, 5.41) is 2.82. The van der Waals surface area contributed by atoms with Gasteiger partial charge in [-0.1, -0.05) is 30.3 Å². The van der Waals surface area contributed by atoms with Crippen LogP contribution < -0.4 is 10.1 Å². The molecule has 0 saturated heterocycles. The summed E-state index contributed by atoms with van der Waals surface area (Å²) in [4.78, 5) is 11.9. The normalized spacial score (nSPS) is 11.7. The van der Waals surface area contributed by atoms with Crippen molar-refractivity contribution in [3.63, 3.8) is 0 Å². The fourth-order valence-corrected chi connectivity index (χ4v) is 1.89. The Morgan fingerprint density at radius 2 is 1.81 bits per heavy atom. The Balaban J connectivity index is 1.76. The van der Waals surface area contributed by atoms with E-state index in [0.29, 0.717) is 12.3 Å². The molecule has 2 rings (SSSR count). The van der Waals surface area contributed by atoms with Crippen molar-refractivity contribution in [1.29, 1.82) is 0 Å². The summed E-state index contributed by atoms with van der Waals surface area (Å²) in [7, 11) is 0. The van der Waals surface area contributed by atoms with Crippen LogP contribution in [0.4, 0.5) is 4.39 Å². The predicted octanol–water partition coefficient (Wildman–Crippen LogP) is 2.95. The van der Waals surface area contributed by atoms with Gasteiger partial charge in [0.05, 0.1) is 0 Å². The highest BCUT2D eigenvalue weighted by Gasteiger charge is 2.13. The van der Waals surface area contributed by atoms with Crippen molar-refractivity contribution in [2.75, 3.05) is 6.54 Å². The zero-order valence-corrected chi connectivity index (χ0v) is 11.9. The van der Waals surface area contributed by atoms with Crippen LogP contribution in [0, 0.1) is 5.82 Å². The van der Waals surface area contributed by atoms with Crippen molar-refractivity contribution in [3.05, 3.63) is 66.0 Å². The highest BCUT2D eigenvalue weighted by atomic mass is 19.1. The highest BCUT2D eigenvalue weighted by molar-refractivity contribution is 5.80. The van der Waals surface area contributed by atoms with Crippen LogP contribution >= 0.6 is 0 Å². The third-order valence-electron chi connectivity index (χ3n) is 3.05. The van der Waals surface area contributed by atoms with Crippen molar-refractivity contribution in [1.82, 2.24) is 5.32 Å². The smallest absolute Gasteiger partial charge is 0.260 e. The first-order valence-corrected chi connectivity index (χ1v) is 6.89. The Bertz CT molecular complexity index is 569. The summed E-state index contributed by atoms with van der Waals surface area (Å²) in [6.07, 6.45) is 0.154. The summed E-state index contributed by atoms with van der Waals surface area (Å²) in [5.74, 6) is -0.0420. The summed E-state index contributed by atoms with van der Waals surface area (Å²) in [5.41, 5.74) is 1.17. The van der Waals surface area contributed by atoms with Crippen LogP contribution in [0.1, 0.15) is 12.5 Å². The molecule has 0 aliphatic rings. The third-order valence-corrected chi connectivity index (χ3v) is 3.05. The number of hydrogen-bond acceptors (Lipinski definition) is 2. The first-order valence-electron chi connectivity index (χ1n) is 6.89. The summed E-state index contributed by atoms with van der Waals surface area (Å²) >= 11 is 0. The Morgan fingerprint density at radius 1 is 1.14 bits per heavy atom. The number of rotatable bonds is 6. The molecule has 0 radical (unpaired) electrons. The van der Waals surface area contributed by atoms with Gasteiger partial charge in [-0.15, -0.1) is 0 Å². The molecule has 0 spiro atoms. The average molecular weight is 287 g/mol. The van der Waals surface area contributed by atoms with Crippen LogP contribution in [-0.4, -0.2) is 18.6 Å². The van der Waals surface area contributed by atoms with Crippen LogP contribution in [0.5, 0.6) is 5.75 Å². The maximum Gasteiger partial charge on any atom is 0.260 e. The van der Waals surface area contributed by atoms with Gasteiger partial charge in [-0.05, 0) is 43.2 Å². The molecule has 0 aliphatic carbocycles. The Morgan fingerprint density at radius 3 is 2.48 bits per heavy atom. The minimum atomic E-state index is -0.619. The van der Waals surface area contributed by atoms with Crippen molar-refractivity contribution < 1.29 is 13.9 Å². The lowest BCUT2D eigenvalue weighted by molar-refractivity contribution is -0.127. The molecule has 0 bridgehead atoms. The molecular weight excluding hydrogens is 269 g/mol. The number of carbonyl (C=O) groups is 1. The molecule has 0 saturated carbocycles. The first-order chi connectivity index (χ1) is 10.1. The Kier molecular flexibility index (Phi) is 5.32. The molecule has 0 heterocycles. The van der Waals surface area contributed by atoms with Gasteiger partial charge in [0.25, 0.3) is 5.91 Å². The van der Waals surface area contributed by atoms with Gasteiger partial charge < -0.3 is 10.1 Å². The summed E-state index contributed by atoms with van der Waals surface area (Å²) in [6, 6.07) is 15.5. The van der Waals surface area contributed by atoms with E-state index in [9.17, 15) is 9.18 Å². The van der Waals surface area contributed by atoms with Gasteiger partial charge in [0.15, 0.2) is 6.10 Å². The van der Waals surface area contributed by atoms with Crippen LogP contribution in [0.3, 0.4) is 0 Å². The molecule has 110 valence electrons. The summed E-state index contributed by atoms with van der Waals surface area (Å²) < 4.78 is 18.2. The van der Waals surface area contributed by atoms with Crippen molar-refractivity contribution in [3.8, 4) is 5.75 Å². The SMILES string of the molecule is CC(Oc1ccc(F)cc1)C(=O)NCCc1ccccc1. The molecule has 3 nitrogen and oxygen atoms in total. The molecule has 0 aromatic heterocycles. The highest BCUT2D eigenvalue weighted by Crippen LogP contribution is 2.13. The maximum absolute atomic E-state index is 12.8. The number of halogens is 1. The van der Waals surface area contributed by atoms with Crippen LogP contribution in [-0.2, 0) is 11.2 Å². The lowest BCUT2D eigenvalue weighted by atomic mass is 10.1. The Labute approximate surface area is 123 Å². The molecular formula is C17H18FNO2. The van der Waals surface area contributed by atoms with Crippen molar-refractivity contribution in [2.45, 2.75) is 19.4 Å². The van der Waals surface area contributed by atoms with E-state index < -0.39 is 6.10 Å². The fraction of sp³-hybridized carbons (Fsp3) is 0.235. The fourth-order valence-electron chi connectivity index (χ4n) is 1.89. The average Bonchev–Trinajstić information content (AvgIpc) is 2.50. The van der Waals surface area contributed by atoms with Gasteiger partial charge in [0.1, 0.15) is 11.6 Å². The van der Waals surface area contributed by atoms with E-state index in [4.69, 9.17) is 4.74 Å². The van der Waals surface area contributed by atoms with Gasteiger partial charge in [-0.2, -0.15) is 0 Å². The Hall–Kier alpha value is -2.36. The van der Waals surface area contributed by atoms with Crippen LogP contribution in [0.2, 0.25) is 0 Å². The standard InChI is InChI=1S/C17H18FNO2/c1-13(21-16-9-7-15(18)8-10-16)17(20)19-12-11-14-5-3-2-4-6-14/h2-10,13H,11-12H2,1H3,(H,19,20). The second kappa shape index (κ2) is 7.43. The molecule has 1 unspecified atom stereocenters. The van der Waals surface area contributed by atoms with E-state index in [0.717, 1.165) is 6.42 Å². The van der Waals surface area contributed by atoms with Crippen molar-refractivity contribution in [2.24, 2.45) is 0 Å². The van der Waals surface area contributed by atoms with E-state index in [1.807, 2.05) is 30.3 Å². The molecule has 21 heavy (non-hydrogen) atoms. The molecule has 0 fully saturated rings. The zero-order chi connectivity index (χ0) is 15.1. The van der Waals surface area contributed by atoms with Crippen LogP contribution in [0.15, 0.2) is 54.6 Å². The second-order valence-electron chi connectivity index (χ2n) is 4.74. The zero-order valence-electron chi connectivity index (χ0n) is 11.9. The van der Waals surface area contributed by atoms with Crippen LogP contribution in [0.25, 0.3) is 0 Å². The van der Waals surface area contributed by atoms with Gasteiger partial charge in [-0.3, -0.25) is 4.79 Å². The number of benzene rings is 2. The van der Waals surface area contributed by atoms with Gasteiger partial charge in [0.2, 0.25) is 0 Å². The lowest BCUT2D eigenvalue weighted by Crippen LogP contribution is -2.37. The molecule has 2 aromatic carbocycles. The van der Waals surface area contributed by atoms with E-state index >= 15 is 0 Å². The third kappa shape index (κ3) is 4.91. The lowest BCUT2D eigenvalue weighted by Gasteiger charge is -2.14. The van der Waals surface area contributed by atoms with E-state index in [2.05, 4.69) is 5.32 Å². The number of nitrogens with one attached hydrogen (secondary N) is 1. The predicted molar refractivity (Wildman–Crippen MR) is 79.6 cm³/mol. The molecule has 0 aliphatic heterocycles. The topological polar surface area (TPSA) is 38.3 Å². The largest absolute Gasteiger partial charge is 0.481 e. The molecule has 1 atom stereocenters. The number of hydrogen-bond donors (Lipinski definition) is 1. The number of amides is 1. The molecule has 1 amide bonds. The first kappa shape index (κ1) is 15.0. The molecule has 1 N–H and O–H groups in total. The van der Waals surface area contributed by atoms with Gasteiger partial charge in [-0.25, -0.2) is 4.39 Å². The van der Waals surface area contributed by atoms with Crippen molar-refractivity contribution >= 4 is 5.91 Å². The monoisotopic (exact) mass is 287 g/mol. The van der Waals surface area contributed by atoms with Gasteiger partial charge >= 0.3 is 0 Å². The number of ether oxygens (including phenoxy) is 1. The number of carbonyl (C=O) groups excluding carboxylic acids is 1. The molecule has 4 heteroatoms. The van der Waals surface area contributed by atoms with Gasteiger partial charge in [0, 0.05) is 6.54 Å². The van der Waals surface area contributed by atoms with E-state index in [1.165, 1.54) is 29.8 Å². The minimum absolute atomic E-state index is 0.185.